The lowest BCUT2D eigenvalue weighted by atomic mass is 10.1. The van der Waals surface area contributed by atoms with Crippen LogP contribution in [0.15, 0.2) is 24.4 Å². The molecule has 0 aliphatic heterocycles. The number of nitrogen functional groups attached to an aromatic ring is 1. The van der Waals surface area contributed by atoms with E-state index in [1.54, 1.807) is 0 Å². The average molecular weight is 393 g/mol. The Hall–Kier alpha value is -3.69. The van der Waals surface area contributed by atoms with Crippen LogP contribution in [0.4, 0.5) is 18.9 Å². The highest BCUT2D eigenvalue weighted by atomic mass is 19.2. The molecule has 10 heteroatoms. The van der Waals surface area contributed by atoms with Crippen LogP contribution < -0.4 is 25.7 Å². The van der Waals surface area contributed by atoms with Gasteiger partial charge in [0, 0.05) is 17.6 Å². The smallest absolute Gasteiger partial charge is 0.252 e. The first-order valence-electron chi connectivity index (χ1n) is 7.74. The maximum Gasteiger partial charge on any atom is 0.252 e. The number of ether oxygens (including phenoxy) is 3. The molecular formula is C18H14F3N3O4. The number of fused-ring (bicyclic) bond motifs is 1. The summed E-state index contributed by atoms with van der Waals surface area (Å²) >= 11 is 0. The number of halogens is 3. The lowest BCUT2D eigenvalue weighted by Crippen LogP contribution is -2.12. The van der Waals surface area contributed by atoms with Crippen molar-refractivity contribution in [2.24, 2.45) is 5.73 Å². The monoisotopic (exact) mass is 393 g/mol. The highest BCUT2D eigenvalue weighted by molar-refractivity contribution is 6.01. The molecule has 0 atom stereocenters. The maximum absolute atomic E-state index is 14.5. The van der Waals surface area contributed by atoms with Gasteiger partial charge in [0.05, 0.1) is 25.3 Å². The van der Waals surface area contributed by atoms with Gasteiger partial charge in [0.2, 0.25) is 17.4 Å². The van der Waals surface area contributed by atoms with E-state index >= 15 is 0 Å². The summed E-state index contributed by atoms with van der Waals surface area (Å²) < 4.78 is 57.8. The van der Waals surface area contributed by atoms with Crippen LogP contribution in [-0.2, 0) is 0 Å². The number of anilines is 1. The van der Waals surface area contributed by atoms with Crippen molar-refractivity contribution in [2.45, 2.75) is 0 Å². The average Bonchev–Trinajstić information content (AvgIpc) is 2.69. The number of rotatable bonds is 5. The third-order valence-electron chi connectivity index (χ3n) is 3.98. The molecule has 0 saturated carbocycles. The van der Waals surface area contributed by atoms with E-state index in [0.29, 0.717) is 0 Å². The van der Waals surface area contributed by atoms with E-state index < -0.39 is 40.5 Å². The summed E-state index contributed by atoms with van der Waals surface area (Å²) in [5.74, 6) is -7.00. The number of pyridine rings is 1. The quantitative estimate of drug-likeness (QED) is 0.509. The third-order valence-corrected chi connectivity index (χ3v) is 3.98. The van der Waals surface area contributed by atoms with Crippen molar-refractivity contribution < 1.29 is 32.2 Å². The molecule has 0 bridgehead atoms. The van der Waals surface area contributed by atoms with Gasteiger partial charge in [0.15, 0.2) is 11.6 Å². The second kappa shape index (κ2) is 7.14. The van der Waals surface area contributed by atoms with E-state index in [9.17, 15) is 18.0 Å². The van der Waals surface area contributed by atoms with Crippen molar-refractivity contribution >= 4 is 22.5 Å². The van der Waals surface area contributed by atoms with Gasteiger partial charge in [-0.25, -0.2) is 4.39 Å². The van der Waals surface area contributed by atoms with Crippen molar-refractivity contribution in [3.63, 3.8) is 0 Å². The fraction of sp³-hybridized carbons (Fsp3) is 0.111. The minimum absolute atomic E-state index is 0.00476. The first-order chi connectivity index (χ1) is 13.3. The fourth-order valence-corrected chi connectivity index (χ4v) is 2.63. The molecule has 3 aromatic rings. The van der Waals surface area contributed by atoms with Crippen molar-refractivity contribution in [3.05, 3.63) is 47.4 Å². The maximum atomic E-state index is 14.5. The Balaban J connectivity index is 2.23. The van der Waals surface area contributed by atoms with Gasteiger partial charge in [-0.15, -0.1) is 0 Å². The molecule has 0 fully saturated rings. The molecule has 0 unspecified atom stereocenters. The predicted molar refractivity (Wildman–Crippen MR) is 94.2 cm³/mol. The van der Waals surface area contributed by atoms with Crippen LogP contribution in [0.5, 0.6) is 23.0 Å². The summed E-state index contributed by atoms with van der Waals surface area (Å²) in [6.45, 7) is 0. The summed E-state index contributed by atoms with van der Waals surface area (Å²) in [5.41, 5.74) is 10.1. The topological polar surface area (TPSA) is 110 Å². The summed E-state index contributed by atoms with van der Waals surface area (Å²) in [7, 11) is 2.38. The molecule has 2 aromatic carbocycles. The van der Waals surface area contributed by atoms with Gasteiger partial charge in [-0.1, -0.05) is 0 Å². The zero-order valence-corrected chi connectivity index (χ0v) is 14.7. The Morgan fingerprint density at radius 1 is 1.00 bits per heavy atom. The number of primary amides is 1. The first kappa shape index (κ1) is 19.1. The fourth-order valence-electron chi connectivity index (χ4n) is 2.63. The Morgan fingerprint density at radius 3 is 2.32 bits per heavy atom. The van der Waals surface area contributed by atoms with Crippen molar-refractivity contribution in [3.8, 4) is 23.0 Å². The number of hydrogen-bond donors (Lipinski definition) is 2. The largest absolute Gasteiger partial charge is 0.496 e. The van der Waals surface area contributed by atoms with Gasteiger partial charge in [0.25, 0.3) is 5.91 Å². The van der Waals surface area contributed by atoms with E-state index in [1.807, 2.05) is 0 Å². The number of benzene rings is 2. The van der Waals surface area contributed by atoms with Crippen molar-refractivity contribution in [1.29, 1.82) is 0 Å². The Kier molecular flexibility index (Phi) is 4.87. The predicted octanol–water partition coefficient (Wildman–Crippen LogP) is 3.14. The molecule has 1 amide bonds. The lowest BCUT2D eigenvalue weighted by molar-refractivity contribution is 0.0997. The van der Waals surface area contributed by atoms with Crippen LogP contribution in [-0.4, -0.2) is 25.1 Å². The number of aromatic nitrogens is 1. The Bertz CT molecular complexity index is 1110. The van der Waals surface area contributed by atoms with Gasteiger partial charge in [0.1, 0.15) is 17.2 Å². The normalized spacial score (nSPS) is 10.8. The lowest BCUT2D eigenvalue weighted by Gasteiger charge is -2.15. The summed E-state index contributed by atoms with van der Waals surface area (Å²) in [6, 6.07) is 3.97. The highest BCUT2D eigenvalue weighted by Gasteiger charge is 2.27. The highest BCUT2D eigenvalue weighted by Crippen LogP contribution is 2.41. The zero-order valence-electron chi connectivity index (χ0n) is 14.7. The van der Waals surface area contributed by atoms with Crippen LogP contribution in [0.2, 0.25) is 0 Å². The van der Waals surface area contributed by atoms with Crippen LogP contribution in [0.3, 0.4) is 0 Å². The molecule has 0 saturated heterocycles. The van der Waals surface area contributed by atoms with E-state index in [0.717, 1.165) is 7.11 Å². The summed E-state index contributed by atoms with van der Waals surface area (Å²) in [4.78, 5) is 15.7. The zero-order chi connectivity index (χ0) is 20.6. The van der Waals surface area contributed by atoms with Gasteiger partial charge in [-0.2, -0.15) is 8.78 Å². The SMILES string of the molecule is COc1cc2nccc(Oc3c(F)c(F)c(N)c(OC)c3F)c2cc1C(N)=O. The number of hydrogen-bond acceptors (Lipinski definition) is 6. The second-order valence-electron chi connectivity index (χ2n) is 5.56. The number of nitrogens with two attached hydrogens (primary N) is 2. The molecule has 3 rings (SSSR count). The van der Waals surface area contributed by atoms with Crippen LogP contribution in [0, 0.1) is 17.5 Å². The van der Waals surface area contributed by atoms with Crippen LogP contribution in [0.25, 0.3) is 10.9 Å². The molecule has 0 aliphatic rings. The van der Waals surface area contributed by atoms with Crippen LogP contribution in [0.1, 0.15) is 10.4 Å². The van der Waals surface area contributed by atoms with Crippen molar-refractivity contribution in [1.82, 2.24) is 4.98 Å². The summed E-state index contributed by atoms with van der Waals surface area (Å²) in [5, 5.41) is 0.187. The Morgan fingerprint density at radius 2 is 1.71 bits per heavy atom. The number of nitrogens with zero attached hydrogens (tertiary/aromatic N) is 1. The molecule has 0 radical (unpaired) electrons. The van der Waals surface area contributed by atoms with E-state index in [4.69, 9.17) is 20.9 Å². The van der Waals surface area contributed by atoms with E-state index in [1.165, 1.54) is 31.5 Å². The van der Waals surface area contributed by atoms with Crippen molar-refractivity contribution in [2.75, 3.05) is 20.0 Å². The standard InChI is InChI=1S/C18H14F3N3O4/c1-26-11-6-9-7(5-8(11)18(23)25)10(3-4-24-9)28-16-13(20)12(19)15(22)17(27-2)14(16)21/h3-6H,22H2,1-2H3,(H2,23,25). The minimum Gasteiger partial charge on any atom is -0.496 e. The van der Waals surface area contributed by atoms with E-state index in [2.05, 4.69) is 9.72 Å². The molecule has 4 N–H and O–H groups in total. The number of methoxy groups -OCH3 is 2. The van der Waals surface area contributed by atoms with Gasteiger partial charge < -0.3 is 25.7 Å². The van der Waals surface area contributed by atoms with Gasteiger partial charge >= 0.3 is 0 Å². The molecular weight excluding hydrogens is 379 g/mol. The Labute approximate surface area is 156 Å². The molecule has 28 heavy (non-hydrogen) atoms. The second-order valence-corrected chi connectivity index (χ2v) is 5.56. The number of carbonyl (C=O) groups excluding carboxylic acids is 1. The minimum atomic E-state index is -1.63. The molecule has 146 valence electrons. The molecule has 1 heterocycles. The molecule has 1 aromatic heterocycles. The molecule has 7 nitrogen and oxygen atoms in total. The van der Waals surface area contributed by atoms with E-state index in [-0.39, 0.29) is 28.0 Å². The van der Waals surface area contributed by atoms with Crippen LogP contribution >= 0.6 is 0 Å². The first-order valence-corrected chi connectivity index (χ1v) is 7.74. The molecule has 0 aliphatic carbocycles. The van der Waals surface area contributed by atoms with Gasteiger partial charge in [-0.3, -0.25) is 9.78 Å². The van der Waals surface area contributed by atoms with Gasteiger partial charge in [-0.05, 0) is 12.1 Å². The third kappa shape index (κ3) is 2.98. The number of carbonyl (C=O) groups is 1. The molecule has 0 spiro atoms. The number of amides is 1. The summed E-state index contributed by atoms with van der Waals surface area (Å²) in [6.07, 6.45) is 1.29.